The van der Waals surface area contributed by atoms with E-state index in [9.17, 15) is 13.2 Å². The molecule has 33 heavy (non-hydrogen) atoms. The number of nitrogens with zero attached hydrogens (tertiary/aromatic N) is 4. The fourth-order valence-corrected chi connectivity index (χ4v) is 5.54. The van der Waals surface area contributed by atoms with Crippen molar-refractivity contribution >= 4 is 32.5 Å². The number of para-hydroxylation sites is 1. The summed E-state index contributed by atoms with van der Waals surface area (Å²) in [6.45, 7) is 2.91. The predicted octanol–water partition coefficient (Wildman–Crippen LogP) is 3.77. The molecule has 3 heterocycles. The summed E-state index contributed by atoms with van der Waals surface area (Å²) >= 11 is 0. The highest BCUT2D eigenvalue weighted by molar-refractivity contribution is 7.89. The number of benzene rings is 2. The third kappa shape index (κ3) is 4.01. The molecule has 0 atom stereocenters. The molecule has 4 aromatic rings. The normalized spacial score (nSPS) is 14.6. The van der Waals surface area contributed by atoms with Gasteiger partial charge in [0.15, 0.2) is 5.82 Å². The number of carbonyl (C=O) groups is 1. The molecular formula is C24H23N5O3S. The van der Waals surface area contributed by atoms with Crippen LogP contribution in [0.15, 0.2) is 71.8 Å². The molecule has 1 saturated heterocycles. The molecule has 1 aliphatic heterocycles. The quantitative estimate of drug-likeness (QED) is 0.488. The van der Waals surface area contributed by atoms with Crippen LogP contribution in [0.2, 0.25) is 0 Å². The van der Waals surface area contributed by atoms with Gasteiger partial charge in [0, 0.05) is 24.2 Å². The highest BCUT2D eigenvalue weighted by Crippen LogP contribution is 2.23. The molecule has 0 unspecified atom stereocenters. The predicted molar refractivity (Wildman–Crippen MR) is 126 cm³/mol. The van der Waals surface area contributed by atoms with E-state index in [1.165, 1.54) is 22.6 Å². The van der Waals surface area contributed by atoms with Crippen molar-refractivity contribution in [3.63, 3.8) is 0 Å². The Morgan fingerprint density at radius 2 is 1.70 bits per heavy atom. The highest BCUT2D eigenvalue weighted by Gasteiger charge is 2.27. The highest BCUT2D eigenvalue weighted by atomic mass is 32.2. The number of fused-ring (bicyclic) bond motifs is 1. The van der Waals surface area contributed by atoms with Crippen LogP contribution in [0.3, 0.4) is 0 Å². The Bertz CT molecular complexity index is 1440. The first-order valence-corrected chi connectivity index (χ1v) is 12.2. The maximum atomic E-state index is 12.9. The standard InChI is InChI=1S/C24H23N5O3S/c1-17-21(16-25-29(17)23-13-8-18-6-2-3-7-22(18)27-23)24(30)26-19-9-11-20(12-10-19)33(31,32)28-14-4-5-15-28/h2-3,6-13,16H,4-5,14-15H2,1H3,(H,26,30). The van der Waals surface area contributed by atoms with Crippen LogP contribution in [0.5, 0.6) is 0 Å². The van der Waals surface area contributed by atoms with Crippen LogP contribution in [0.4, 0.5) is 5.69 Å². The number of pyridine rings is 1. The molecule has 0 radical (unpaired) electrons. The van der Waals surface area contributed by atoms with Crippen LogP contribution >= 0.6 is 0 Å². The summed E-state index contributed by atoms with van der Waals surface area (Å²) in [6, 6.07) is 17.9. The summed E-state index contributed by atoms with van der Waals surface area (Å²) in [5.41, 5.74) is 2.43. The Morgan fingerprint density at radius 3 is 2.45 bits per heavy atom. The second-order valence-corrected chi connectivity index (χ2v) is 9.95. The third-order valence-corrected chi connectivity index (χ3v) is 7.78. The van der Waals surface area contributed by atoms with Crippen LogP contribution in [0.25, 0.3) is 16.7 Å². The van der Waals surface area contributed by atoms with E-state index in [1.807, 2.05) is 43.3 Å². The molecule has 1 amide bonds. The summed E-state index contributed by atoms with van der Waals surface area (Å²) in [6.07, 6.45) is 3.28. The van der Waals surface area contributed by atoms with E-state index >= 15 is 0 Å². The van der Waals surface area contributed by atoms with E-state index in [-0.39, 0.29) is 10.8 Å². The van der Waals surface area contributed by atoms with Crippen molar-refractivity contribution in [1.29, 1.82) is 0 Å². The van der Waals surface area contributed by atoms with Crippen molar-refractivity contribution in [2.45, 2.75) is 24.7 Å². The average molecular weight is 462 g/mol. The zero-order valence-electron chi connectivity index (χ0n) is 18.1. The SMILES string of the molecule is Cc1c(C(=O)Nc2ccc(S(=O)(=O)N3CCCC3)cc2)cnn1-c1ccc2ccccc2n1. The van der Waals surface area contributed by atoms with Gasteiger partial charge < -0.3 is 5.32 Å². The maximum absolute atomic E-state index is 12.9. The number of rotatable bonds is 5. The summed E-state index contributed by atoms with van der Waals surface area (Å²) in [5, 5.41) is 8.20. The van der Waals surface area contributed by atoms with Crippen LogP contribution in [-0.4, -0.2) is 46.5 Å². The molecule has 0 aliphatic carbocycles. The zero-order chi connectivity index (χ0) is 23.0. The molecule has 0 bridgehead atoms. The van der Waals surface area contributed by atoms with E-state index < -0.39 is 10.0 Å². The molecule has 8 nitrogen and oxygen atoms in total. The van der Waals surface area contributed by atoms with Crippen LogP contribution < -0.4 is 5.32 Å². The Labute approximate surface area is 191 Å². The zero-order valence-corrected chi connectivity index (χ0v) is 18.9. The second kappa shape index (κ2) is 8.42. The molecule has 2 aromatic carbocycles. The van der Waals surface area contributed by atoms with Gasteiger partial charge >= 0.3 is 0 Å². The fourth-order valence-electron chi connectivity index (χ4n) is 4.02. The van der Waals surface area contributed by atoms with Gasteiger partial charge in [0.1, 0.15) is 0 Å². The lowest BCUT2D eigenvalue weighted by molar-refractivity contribution is 0.102. The lowest BCUT2D eigenvalue weighted by atomic mass is 10.2. The van der Waals surface area contributed by atoms with Crippen molar-refractivity contribution in [2.75, 3.05) is 18.4 Å². The molecule has 1 fully saturated rings. The molecule has 1 aliphatic rings. The minimum absolute atomic E-state index is 0.230. The van der Waals surface area contributed by atoms with Gasteiger partial charge in [0.05, 0.1) is 27.9 Å². The average Bonchev–Trinajstić information content (AvgIpc) is 3.50. The topological polar surface area (TPSA) is 97.2 Å². The number of amides is 1. The lowest BCUT2D eigenvalue weighted by Gasteiger charge is -2.15. The summed E-state index contributed by atoms with van der Waals surface area (Å²) in [4.78, 5) is 17.7. The first-order valence-electron chi connectivity index (χ1n) is 10.8. The van der Waals surface area contributed by atoms with Gasteiger partial charge in [-0.3, -0.25) is 4.79 Å². The van der Waals surface area contributed by atoms with E-state index in [2.05, 4.69) is 15.4 Å². The summed E-state index contributed by atoms with van der Waals surface area (Å²) < 4.78 is 28.5. The first kappa shape index (κ1) is 21.3. The molecule has 5 rings (SSSR count). The minimum atomic E-state index is -3.49. The van der Waals surface area contributed by atoms with E-state index in [0.29, 0.717) is 35.9 Å². The van der Waals surface area contributed by atoms with Crippen molar-refractivity contribution in [3.05, 3.63) is 78.1 Å². The number of carbonyl (C=O) groups excluding carboxylic acids is 1. The Kier molecular flexibility index (Phi) is 5.43. The smallest absolute Gasteiger partial charge is 0.259 e. The Hall–Kier alpha value is -3.56. The van der Waals surface area contributed by atoms with Gasteiger partial charge in [-0.25, -0.2) is 18.1 Å². The van der Waals surface area contributed by atoms with Gasteiger partial charge in [0.2, 0.25) is 10.0 Å². The van der Waals surface area contributed by atoms with Gasteiger partial charge in [-0.1, -0.05) is 18.2 Å². The number of hydrogen-bond acceptors (Lipinski definition) is 5. The molecule has 9 heteroatoms. The maximum Gasteiger partial charge on any atom is 0.259 e. The monoisotopic (exact) mass is 461 g/mol. The van der Waals surface area contributed by atoms with Crippen LogP contribution in [0.1, 0.15) is 28.9 Å². The van der Waals surface area contributed by atoms with Crippen molar-refractivity contribution < 1.29 is 13.2 Å². The van der Waals surface area contributed by atoms with Crippen molar-refractivity contribution in [2.24, 2.45) is 0 Å². The molecule has 168 valence electrons. The number of anilines is 1. The van der Waals surface area contributed by atoms with Crippen molar-refractivity contribution in [1.82, 2.24) is 19.1 Å². The van der Waals surface area contributed by atoms with Crippen LogP contribution in [0, 0.1) is 6.92 Å². The first-order chi connectivity index (χ1) is 15.9. The van der Waals surface area contributed by atoms with E-state index in [4.69, 9.17) is 0 Å². The second-order valence-electron chi connectivity index (χ2n) is 8.01. The van der Waals surface area contributed by atoms with E-state index in [1.54, 1.807) is 16.8 Å². The largest absolute Gasteiger partial charge is 0.322 e. The minimum Gasteiger partial charge on any atom is -0.322 e. The van der Waals surface area contributed by atoms with E-state index in [0.717, 1.165) is 23.7 Å². The van der Waals surface area contributed by atoms with Gasteiger partial charge in [-0.15, -0.1) is 0 Å². The van der Waals surface area contributed by atoms with Gasteiger partial charge in [-0.2, -0.15) is 9.40 Å². The van der Waals surface area contributed by atoms with Gasteiger partial charge in [-0.05, 0) is 62.2 Å². The Morgan fingerprint density at radius 1 is 0.970 bits per heavy atom. The molecule has 1 N–H and O–H groups in total. The summed E-state index contributed by atoms with van der Waals surface area (Å²) in [7, 11) is -3.49. The Balaban J connectivity index is 1.34. The summed E-state index contributed by atoms with van der Waals surface area (Å²) in [5.74, 6) is 0.302. The fraction of sp³-hybridized carbons (Fsp3) is 0.208. The van der Waals surface area contributed by atoms with Crippen LogP contribution in [-0.2, 0) is 10.0 Å². The molecule has 0 saturated carbocycles. The molecular weight excluding hydrogens is 438 g/mol. The molecule has 0 spiro atoms. The number of nitrogens with one attached hydrogen (secondary N) is 1. The molecule has 2 aromatic heterocycles. The van der Waals surface area contributed by atoms with Crippen molar-refractivity contribution in [3.8, 4) is 5.82 Å². The lowest BCUT2D eigenvalue weighted by Crippen LogP contribution is -2.27. The number of sulfonamides is 1. The number of hydrogen-bond donors (Lipinski definition) is 1. The number of aromatic nitrogens is 3. The third-order valence-electron chi connectivity index (χ3n) is 5.87. The van der Waals surface area contributed by atoms with Gasteiger partial charge in [0.25, 0.3) is 5.91 Å².